The normalized spacial score (nSPS) is 32.6. The zero-order valence-corrected chi connectivity index (χ0v) is 19.2. The molecule has 0 saturated heterocycles. The number of sulfone groups is 1. The second-order valence-electron chi connectivity index (χ2n) is 10.3. The monoisotopic (exact) mass is 422 g/mol. The van der Waals surface area contributed by atoms with E-state index >= 15 is 0 Å². The quantitative estimate of drug-likeness (QED) is 0.674. The Morgan fingerprint density at radius 1 is 1.14 bits per heavy atom. The summed E-state index contributed by atoms with van der Waals surface area (Å²) in [7, 11) is -3.32. The third kappa shape index (κ3) is 4.42. The van der Waals surface area contributed by atoms with Gasteiger partial charge in [0.1, 0.15) is 0 Å². The largest absolute Gasteiger partial charge is 0.390 e. The minimum absolute atomic E-state index is 0.0316. The van der Waals surface area contributed by atoms with Gasteiger partial charge < -0.3 is 10.2 Å². The number of fused-ring (bicyclic) bond motifs is 1. The van der Waals surface area contributed by atoms with Gasteiger partial charge in [-0.25, -0.2) is 8.42 Å². The van der Waals surface area contributed by atoms with E-state index in [1.54, 1.807) is 26.0 Å². The maximum Gasteiger partial charge on any atom is 0.181 e. The van der Waals surface area contributed by atoms with Crippen LogP contribution in [0, 0.1) is 23.2 Å². The zero-order chi connectivity index (χ0) is 21.4. The molecule has 0 aliphatic heterocycles. The maximum atomic E-state index is 13.4. The van der Waals surface area contributed by atoms with Crippen molar-refractivity contribution in [1.82, 2.24) is 0 Å². The van der Waals surface area contributed by atoms with Crippen molar-refractivity contribution < 1.29 is 18.6 Å². The van der Waals surface area contributed by atoms with Crippen molar-refractivity contribution in [3.8, 4) is 0 Å². The Morgan fingerprint density at radius 2 is 1.79 bits per heavy atom. The van der Waals surface area contributed by atoms with Crippen LogP contribution in [0.4, 0.5) is 0 Å². The molecule has 3 rings (SSSR count). The van der Waals surface area contributed by atoms with Crippen LogP contribution in [0.15, 0.2) is 35.2 Å². The van der Waals surface area contributed by atoms with Crippen LogP contribution in [-0.4, -0.2) is 35.6 Å². The number of rotatable bonds is 7. The standard InChI is InChI=1S/C24H38O4S/c1-17(12-15-22(25)23(2,3)26)19-13-14-20-21(11-8-16-24(19,20)4)29(27,28)18-9-6-5-7-10-18/h5-7,9-10,17,19-22,25-26H,8,11-16H2,1-4H3/t17-,19-,20+,21-,22+,24-/m1/s1. The minimum Gasteiger partial charge on any atom is -0.390 e. The van der Waals surface area contributed by atoms with Crippen LogP contribution >= 0.6 is 0 Å². The van der Waals surface area contributed by atoms with Crippen LogP contribution in [0.3, 0.4) is 0 Å². The van der Waals surface area contributed by atoms with Gasteiger partial charge in [-0.1, -0.05) is 38.5 Å². The average molecular weight is 423 g/mol. The first-order chi connectivity index (χ1) is 13.5. The van der Waals surface area contributed by atoms with Gasteiger partial charge in [0, 0.05) is 0 Å². The van der Waals surface area contributed by atoms with Gasteiger partial charge in [0.05, 0.1) is 21.9 Å². The first-order valence-corrected chi connectivity index (χ1v) is 12.7. The van der Waals surface area contributed by atoms with E-state index in [-0.39, 0.29) is 16.6 Å². The Kier molecular flexibility index (Phi) is 6.53. The fraction of sp³-hybridized carbons (Fsp3) is 0.750. The molecular formula is C24H38O4S. The molecule has 0 unspecified atom stereocenters. The molecule has 0 heterocycles. The summed E-state index contributed by atoms with van der Waals surface area (Å²) in [5.41, 5.74) is -1.05. The Morgan fingerprint density at radius 3 is 2.41 bits per heavy atom. The van der Waals surface area contributed by atoms with E-state index in [2.05, 4.69) is 13.8 Å². The lowest BCUT2D eigenvalue weighted by Gasteiger charge is -2.46. The molecule has 2 saturated carbocycles. The van der Waals surface area contributed by atoms with E-state index in [4.69, 9.17) is 0 Å². The molecule has 0 bridgehead atoms. The molecular weight excluding hydrogens is 384 g/mol. The number of aliphatic hydroxyl groups is 2. The molecule has 2 N–H and O–H groups in total. The van der Waals surface area contributed by atoms with Gasteiger partial charge in [-0.2, -0.15) is 0 Å². The first kappa shape index (κ1) is 22.8. The lowest BCUT2D eigenvalue weighted by atomic mass is 9.62. The second kappa shape index (κ2) is 8.32. The zero-order valence-electron chi connectivity index (χ0n) is 18.3. The highest BCUT2D eigenvalue weighted by atomic mass is 32.2. The SMILES string of the molecule is C[C@H](CC[C@H](O)C(C)(C)O)[C@H]1CC[C@H]2[C@H](S(=O)(=O)c3ccccc3)CCC[C@]12C. The average Bonchev–Trinajstić information content (AvgIpc) is 3.02. The van der Waals surface area contributed by atoms with Crippen LogP contribution in [0.25, 0.3) is 0 Å². The predicted molar refractivity (Wildman–Crippen MR) is 116 cm³/mol. The van der Waals surface area contributed by atoms with Crippen LogP contribution in [0.2, 0.25) is 0 Å². The third-order valence-electron chi connectivity index (χ3n) is 8.00. The summed E-state index contributed by atoms with van der Waals surface area (Å²) >= 11 is 0. The van der Waals surface area contributed by atoms with E-state index in [9.17, 15) is 18.6 Å². The highest BCUT2D eigenvalue weighted by Crippen LogP contribution is 2.59. The summed E-state index contributed by atoms with van der Waals surface area (Å²) < 4.78 is 26.8. The molecule has 1 aromatic rings. The summed E-state index contributed by atoms with van der Waals surface area (Å²) in [6.45, 7) is 7.85. The van der Waals surface area contributed by atoms with E-state index in [1.165, 1.54) is 0 Å². The summed E-state index contributed by atoms with van der Waals surface area (Å²) in [6, 6.07) is 8.94. The van der Waals surface area contributed by atoms with E-state index in [0.717, 1.165) is 38.5 Å². The highest BCUT2D eigenvalue weighted by Gasteiger charge is 2.55. The van der Waals surface area contributed by atoms with Crippen molar-refractivity contribution in [2.75, 3.05) is 0 Å². The van der Waals surface area contributed by atoms with Crippen LogP contribution in [0.1, 0.15) is 72.6 Å². The van der Waals surface area contributed by atoms with Crippen molar-refractivity contribution in [3.63, 3.8) is 0 Å². The molecule has 5 heteroatoms. The Labute approximate surface area is 176 Å². The number of hydrogen-bond acceptors (Lipinski definition) is 4. The number of benzene rings is 1. The summed E-state index contributed by atoms with van der Waals surface area (Å²) in [5, 5.41) is 19.9. The summed E-state index contributed by atoms with van der Waals surface area (Å²) in [5.74, 6) is 1.07. The minimum atomic E-state index is -3.32. The molecule has 2 aliphatic carbocycles. The van der Waals surface area contributed by atoms with Crippen LogP contribution < -0.4 is 0 Å². The lowest BCUT2D eigenvalue weighted by Crippen LogP contribution is -2.45. The molecule has 0 spiro atoms. The predicted octanol–water partition coefficient (Wildman–Crippen LogP) is 4.59. The molecule has 0 amide bonds. The third-order valence-corrected chi connectivity index (χ3v) is 10.3. The molecule has 0 aromatic heterocycles. The molecule has 0 radical (unpaired) electrons. The molecule has 1 aromatic carbocycles. The van der Waals surface area contributed by atoms with Crippen molar-refractivity contribution in [2.24, 2.45) is 23.2 Å². The fourth-order valence-electron chi connectivity index (χ4n) is 6.23. The van der Waals surface area contributed by atoms with E-state index in [1.807, 2.05) is 18.2 Å². The van der Waals surface area contributed by atoms with Crippen molar-refractivity contribution in [3.05, 3.63) is 30.3 Å². The van der Waals surface area contributed by atoms with E-state index < -0.39 is 21.5 Å². The molecule has 2 aliphatic rings. The van der Waals surface area contributed by atoms with E-state index in [0.29, 0.717) is 23.2 Å². The second-order valence-corrected chi connectivity index (χ2v) is 12.5. The van der Waals surface area contributed by atoms with Gasteiger partial charge >= 0.3 is 0 Å². The van der Waals surface area contributed by atoms with Gasteiger partial charge in [-0.05, 0) is 87.7 Å². The van der Waals surface area contributed by atoms with Crippen molar-refractivity contribution >= 4 is 9.84 Å². The van der Waals surface area contributed by atoms with Gasteiger partial charge in [0.15, 0.2) is 9.84 Å². The highest BCUT2D eigenvalue weighted by molar-refractivity contribution is 7.92. The smallest absolute Gasteiger partial charge is 0.181 e. The fourth-order valence-corrected chi connectivity index (χ4v) is 8.47. The lowest BCUT2D eigenvalue weighted by molar-refractivity contribution is -0.0556. The summed E-state index contributed by atoms with van der Waals surface area (Å²) in [6.07, 6.45) is 5.53. The van der Waals surface area contributed by atoms with Crippen molar-refractivity contribution in [1.29, 1.82) is 0 Å². The summed E-state index contributed by atoms with van der Waals surface area (Å²) in [4.78, 5) is 0.457. The van der Waals surface area contributed by atoms with Gasteiger partial charge in [0.2, 0.25) is 0 Å². The molecule has 2 fully saturated rings. The first-order valence-electron chi connectivity index (χ1n) is 11.2. The topological polar surface area (TPSA) is 74.6 Å². The maximum absolute atomic E-state index is 13.4. The van der Waals surface area contributed by atoms with Crippen LogP contribution in [0.5, 0.6) is 0 Å². The Bertz CT molecular complexity index is 783. The van der Waals surface area contributed by atoms with Crippen molar-refractivity contribution in [2.45, 2.75) is 94.5 Å². The van der Waals surface area contributed by atoms with Gasteiger partial charge in [0.25, 0.3) is 0 Å². The molecule has 6 atom stereocenters. The molecule has 29 heavy (non-hydrogen) atoms. The van der Waals surface area contributed by atoms with Gasteiger partial charge in [-0.3, -0.25) is 0 Å². The van der Waals surface area contributed by atoms with Gasteiger partial charge in [-0.15, -0.1) is 0 Å². The molecule has 164 valence electrons. The number of hydrogen-bond donors (Lipinski definition) is 2. The molecule has 4 nitrogen and oxygen atoms in total. The Balaban J connectivity index is 1.76. The Hall–Kier alpha value is -0.910. The number of aliphatic hydroxyl groups excluding tert-OH is 1. The van der Waals surface area contributed by atoms with Crippen LogP contribution in [-0.2, 0) is 9.84 Å².